The van der Waals surface area contributed by atoms with Crippen LogP contribution in [0.15, 0.2) is 47.4 Å². The van der Waals surface area contributed by atoms with Crippen molar-refractivity contribution in [2.24, 2.45) is 0 Å². The lowest BCUT2D eigenvalue weighted by Crippen LogP contribution is -2.27. The Bertz CT molecular complexity index is 1710. The Hall–Kier alpha value is -4.54. The van der Waals surface area contributed by atoms with Gasteiger partial charge in [-0.3, -0.25) is 14.8 Å². The molecule has 4 aromatic rings. The van der Waals surface area contributed by atoms with Gasteiger partial charge >= 0.3 is 11.9 Å². The van der Waals surface area contributed by atoms with Gasteiger partial charge in [0.25, 0.3) is 5.91 Å². The number of nitriles is 1. The third kappa shape index (κ3) is 6.29. The molecular formula is C26H19Cl2F3N6O4. The Morgan fingerprint density at radius 1 is 1.15 bits per heavy atom. The number of aromatic amines is 2. The molecule has 2 N–H and O–H groups in total. The molecule has 0 saturated carbocycles. The summed E-state index contributed by atoms with van der Waals surface area (Å²) in [6.45, 7) is 0.0858. The molecule has 41 heavy (non-hydrogen) atoms. The highest BCUT2D eigenvalue weighted by Gasteiger charge is 2.33. The zero-order chi connectivity index (χ0) is 29.9. The number of H-pyrrole nitrogens is 2. The maximum Gasteiger partial charge on any atom is 0.433 e. The van der Waals surface area contributed by atoms with Gasteiger partial charge in [0.2, 0.25) is 0 Å². The smallest absolute Gasteiger partial charge is 0.433 e. The molecule has 2 heterocycles. The SMILES string of the molecule is COc1cc(Cl)c(-c2cnc(C(F)(F)F)cc2C#N)cc1C(=O)N(C)c1c(Cl)cccc1OCCc1n[nH]c(=O)[nH]1. The minimum atomic E-state index is -4.76. The summed E-state index contributed by atoms with van der Waals surface area (Å²) in [6, 6.07) is 9.71. The van der Waals surface area contributed by atoms with Gasteiger partial charge in [-0.1, -0.05) is 29.3 Å². The van der Waals surface area contributed by atoms with Crippen molar-refractivity contribution in [2.75, 3.05) is 25.7 Å². The molecule has 0 aliphatic rings. The summed E-state index contributed by atoms with van der Waals surface area (Å²) in [5, 5.41) is 15.8. The number of aromatic nitrogens is 4. The Labute approximate surface area is 240 Å². The zero-order valence-corrected chi connectivity index (χ0v) is 22.8. The first-order chi connectivity index (χ1) is 19.4. The number of anilines is 1. The van der Waals surface area contributed by atoms with E-state index in [0.29, 0.717) is 11.9 Å². The van der Waals surface area contributed by atoms with Crippen LogP contribution >= 0.6 is 23.2 Å². The number of benzene rings is 2. The lowest BCUT2D eigenvalue weighted by atomic mass is 9.98. The summed E-state index contributed by atoms with van der Waals surface area (Å²) >= 11 is 12.8. The number of hydrogen-bond acceptors (Lipinski definition) is 7. The molecule has 2 aromatic heterocycles. The quantitative estimate of drug-likeness (QED) is 0.279. The number of para-hydroxylation sites is 1. The second-order valence-electron chi connectivity index (χ2n) is 8.43. The molecule has 0 spiro atoms. The Morgan fingerprint density at radius 2 is 1.90 bits per heavy atom. The number of alkyl halides is 3. The highest BCUT2D eigenvalue weighted by Crippen LogP contribution is 2.40. The third-order valence-corrected chi connectivity index (χ3v) is 6.48. The van der Waals surface area contributed by atoms with Gasteiger partial charge in [0.15, 0.2) is 0 Å². The highest BCUT2D eigenvalue weighted by molar-refractivity contribution is 6.35. The van der Waals surface area contributed by atoms with Crippen molar-refractivity contribution in [3.63, 3.8) is 0 Å². The predicted octanol–water partition coefficient (Wildman–Crippen LogP) is 5.26. The van der Waals surface area contributed by atoms with Crippen LogP contribution < -0.4 is 20.1 Å². The Balaban J connectivity index is 1.71. The highest BCUT2D eigenvalue weighted by atomic mass is 35.5. The summed E-state index contributed by atoms with van der Waals surface area (Å²) < 4.78 is 50.7. The van der Waals surface area contributed by atoms with E-state index in [1.807, 2.05) is 0 Å². The third-order valence-electron chi connectivity index (χ3n) is 5.86. The van der Waals surface area contributed by atoms with E-state index in [9.17, 15) is 28.0 Å². The molecule has 212 valence electrons. The fourth-order valence-corrected chi connectivity index (χ4v) is 4.46. The molecule has 15 heteroatoms. The van der Waals surface area contributed by atoms with Crippen LogP contribution in [0.3, 0.4) is 0 Å². The predicted molar refractivity (Wildman–Crippen MR) is 144 cm³/mol. The average Bonchev–Trinajstić information content (AvgIpc) is 3.36. The van der Waals surface area contributed by atoms with E-state index in [4.69, 9.17) is 32.7 Å². The van der Waals surface area contributed by atoms with Crippen LogP contribution in [0.5, 0.6) is 11.5 Å². The van der Waals surface area contributed by atoms with Gasteiger partial charge in [0.1, 0.15) is 28.7 Å². The molecule has 0 aliphatic heterocycles. The number of rotatable bonds is 8. The first kappa shape index (κ1) is 29.4. The number of carbonyl (C=O) groups excluding carboxylic acids is 1. The van der Waals surface area contributed by atoms with Gasteiger partial charge in [-0.2, -0.15) is 23.5 Å². The van der Waals surface area contributed by atoms with Gasteiger partial charge in [0.05, 0.1) is 41.0 Å². The normalized spacial score (nSPS) is 11.2. The van der Waals surface area contributed by atoms with Crippen LogP contribution in [0.25, 0.3) is 11.1 Å². The standard InChI is InChI=1S/C26H19Cl2F3N6O4/c1-37(23-17(27)4-3-5-19(23)41-7-6-22-34-25(39)36-35-22)24(38)15-9-14(18(28)10-20(15)40-2)16-12-33-21(26(29,30)31)8-13(16)11-32/h3-5,8-10,12H,6-7H2,1-2H3,(H2,34,35,36,39). The second kappa shape index (κ2) is 11.9. The minimum Gasteiger partial charge on any atom is -0.496 e. The molecule has 0 aliphatic carbocycles. The minimum absolute atomic E-state index is 0.0111. The van der Waals surface area contributed by atoms with Crippen molar-refractivity contribution in [2.45, 2.75) is 12.6 Å². The van der Waals surface area contributed by atoms with E-state index in [0.717, 1.165) is 6.20 Å². The molecule has 4 rings (SSSR count). The maximum absolute atomic E-state index is 13.8. The Morgan fingerprint density at radius 3 is 2.54 bits per heavy atom. The summed E-state index contributed by atoms with van der Waals surface area (Å²) in [6.07, 6.45) is -3.64. The van der Waals surface area contributed by atoms with Gasteiger partial charge in [-0.25, -0.2) is 9.89 Å². The van der Waals surface area contributed by atoms with Crippen LogP contribution in [-0.2, 0) is 12.6 Å². The van der Waals surface area contributed by atoms with Crippen LogP contribution in [0.4, 0.5) is 18.9 Å². The molecular weight excluding hydrogens is 588 g/mol. The molecule has 0 unspecified atom stereocenters. The van der Waals surface area contributed by atoms with Gasteiger partial charge < -0.3 is 14.4 Å². The van der Waals surface area contributed by atoms with Crippen LogP contribution in [0, 0.1) is 11.3 Å². The Kier molecular flexibility index (Phi) is 8.55. The van der Waals surface area contributed by atoms with Gasteiger partial charge in [-0.05, 0) is 24.3 Å². The van der Waals surface area contributed by atoms with E-state index >= 15 is 0 Å². The second-order valence-corrected chi connectivity index (χ2v) is 9.25. The number of halogens is 5. The van der Waals surface area contributed by atoms with Crippen molar-refractivity contribution >= 4 is 34.8 Å². The molecule has 2 aromatic carbocycles. The number of amides is 1. The lowest BCUT2D eigenvalue weighted by molar-refractivity contribution is -0.141. The summed E-state index contributed by atoms with van der Waals surface area (Å²) in [5.41, 5.74) is -1.79. The molecule has 0 fully saturated rings. The largest absolute Gasteiger partial charge is 0.496 e. The van der Waals surface area contributed by atoms with Crippen molar-refractivity contribution < 1.29 is 27.4 Å². The molecule has 0 bridgehead atoms. The van der Waals surface area contributed by atoms with E-state index in [1.54, 1.807) is 24.3 Å². The number of nitrogens with one attached hydrogen (secondary N) is 2. The first-order valence-corrected chi connectivity index (χ1v) is 12.4. The van der Waals surface area contributed by atoms with E-state index in [-0.39, 0.29) is 62.5 Å². The van der Waals surface area contributed by atoms with E-state index in [2.05, 4.69) is 20.2 Å². The van der Waals surface area contributed by atoms with Crippen LogP contribution in [0.2, 0.25) is 10.0 Å². The summed E-state index contributed by atoms with van der Waals surface area (Å²) in [4.78, 5) is 32.2. The number of methoxy groups -OCH3 is 1. The number of ether oxygens (including phenoxy) is 2. The average molecular weight is 607 g/mol. The van der Waals surface area contributed by atoms with Gasteiger partial charge in [-0.15, -0.1) is 0 Å². The van der Waals surface area contributed by atoms with Crippen molar-refractivity contribution in [3.05, 3.63) is 85.8 Å². The van der Waals surface area contributed by atoms with Crippen molar-refractivity contribution in [1.29, 1.82) is 5.26 Å². The molecule has 0 atom stereocenters. The number of nitrogens with zero attached hydrogens (tertiary/aromatic N) is 4. The molecule has 0 saturated heterocycles. The maximum atomic E-state index is 13.8. The van der Waals surface area contributed by atoms with Crippen molar-refractivity contribution in [1.82, 2.24) is 20.2 Å². The fourth-order valence-electron chi connectivity index (χ4n) is 3.92. The lowest BCUT2D eigenvalue weighted by Gasteiger charge is -2.23. The van der Waals surface area contributed by atoms with Crippen molar-refractivity contribution in [3.8, 4) is 28.7 Å². The van der Waals surface area contributed by atoms with Crippen LogP contribution in [0.1, 0.15) is 27.4 Å². The zero-order valence-electron chi connectivity index (χ0n) is 21.3. The van der Waals surface area contributed by atoms with E-state index < -0.39 is 23.5 Å². The fraction of sp³-hybridized carbons (Fsp3) is 0.192. The van der Waals surface area contributed by atoms with Gasteiger partial charge in [0, 0.05) is 36.9 Å². The topological polar surface area (TPSA) is 137 Å². The summed E-state index contributed by atoms with van der Waals surface area (Å²) in [7, 11) is 2.75. The van der Waals surface area contributed by atoms with Crippen LogP contribution in [-0.4, -0.2) is 46.8 Å². The molecule has 1 amide bonds. The molecule has 10 nitrogen and oxygen atoms in total. The first-order valence-electron chi connectivity index (χ1n) is 11.6. The summed E-state index contributed by atoms with van der Waals surface area (Å²) in [5.74, 6) is 0.0488. The number of carbonyl (C=O) groups is 1. The monoisotopic (exact) mass is 606 g/mol. The number of hydrogen-bond donors (Lipinski definition) is 2. The molecule has 0 radical (unpaired) electrons. The number of pyridine rings is 1. The van der Waals surface area contributed by atoms with E-state index in [1.165, 1.54) is 31.2 Å².